The van der Waals surface area contributed by atoms with Gasteiger partial charge in [-0.05, 0) is 37.1 Å². The molecule has 0 amide bonds. The first-order valence-corrected chi connectivity index (χ1v) is 8.22. The summed E-state index contributed by atoms with van der Waals surface area (Å²) >= 11 is 0. The van der Waals surface area contributed by atoms with Crippen LogP contribution in [0.15, 0.2) is 22.6 Å². The van der Waals surface area contributed by atoms with Crippen molar-refractivity contribution in [3.8, 4) is 11.5 Å². The van der Waals surface area contributed by atoms with Crippen molar-refractivity contribution in [1.82, 2.24) is 15.1 Å². The van der Waals surface area contributed by atoms with Gasteiger partial charge in [0.25, 0.3) is 0 Å². The fourth-order valence-corrected chi connectivity index (χ4v) is 3.36. The Morgan fingerprint density at radius 2 is 2.00 bits per heavy atom. The molecule has 4 rings (SSSR count). The van der Waals surface area contributed by atoms with E-state index in [0.29, 0.717) is 31.0 Å². The molecule has 0 bridgehead atoms. The standard InChI is InChI=1S/C17H21N3O3/c1-12-18-19-17(23-12)11-20-7-2-4-14(20)13-5-6-15-16(10-13)22-9-3-8-21-15/h5-6,10,14H,2-4,7-9,11H2,1H3/t14-/m0/s1. The van der Waals surface area contributed by atoms with E-state index >= 15 is 0 Å². The van der Waals surface area contributed by atoms with Crippen molar-refractivity contribution in [3.63, 3.8) is 0 Å². The molecule has 2 aliphatic heterocycles. The van der Waals surface area contributed by atoms with Crippen LogP contribution in [0.25, 0.3) is 0 Å². The van der Waals surface area contributed by atoms with Crippen molar-refractivity contribution in [2.75, 3.05) is 19.8 Å². The summed E-state index contributed by atoms with van der Waals surface area (Å²) in [7, 11) is 0. The van der Waals surface area contributed by atoms with E-state index in [1.54, 1.807) is 0 Å². The van der Waals surface area contributed by atoms with Crippen molar-refractivity contribution in [1.29, 1.82) is 0 Å². The van der Waals surface area contributed by atoms with Gasteiger partial charge in [0.15, 0.2) is 11.5 Å². The van der Waals surface area contributed by atoms with E-state index in [2.05, 4.69) is 27.2 Å². The van der Waals surface area contributed by atoms with E-state index in [-0.39, 0.29) is 0 Å². The maximum atomic E-state index is 5.82. The quantitative estimate of drug-likeness (QED) is 0.868. The van der Waals surface area contributed by atoms with Crippen LogP contribution in [0.1, 0.15) is 42.6 Å². The van der Waals surface area contributed by atoms with Gasteiger partial charge in [-0.25, -0.2) is 0 Å². The second-order valence-corrected chi connectivity index (χ2v) is 6.10. The first kappa shape index (κ1) is 14.5. The number of benzene rings is 1. The molecule has 0 spiro atoms. The maximum Gasteiger partial charge on any atom is 0.230 e. The summed E-state index contributed by atoms with van der Waals surface area (Å²) in [6, 6.07) is 6.67. The minimum atomic E-state index is 0.361. The van der Waals surface area contributed by atoms with Gasteiger partial charge in [-0.1, -0.05) is 6.07 Å². The van der Waals surface area contributed by atoms with Crippen molar-refractivity contribution >= 4 is 0 Å². The molecule has 1 aromatic heterocycles. The van der Waals surface area contributed by atoms with Gasteiger partial charge in [0.2, 0.25) is 11.8 Å². The van der Waals surface area contributed by atoms with Crippen LogP contribution in [0.3, 0.4) is 0 Å². The Bertz CT molecular complexity index is 685. The minimum Gasteiger partial charge on any atom is -0.490 e. The predicted molar refractivity (Wildman–Crippen MR) is 83.5 cm³/mol. The summed E-state index contributed by atoms with van der Waals surface area (Å²) in [5, 5.41) is 8.03. The van der Waals surface area contributed by atoms with Gasteiger partial charge in [0.05, 0.1) is 19.8 Å². The smallest absolute Gasteiger partial charge is 0.230 e. The van der Waals surface area contributed by atoms with Crippen molar-refractivity contribution in [2.45, 2.75) is 38.8 Å². The number of fused-ring (bicyclic) bond motifs is 1. The molecular formula is C17H21N3O3. The Morgan fingerprint density at radius 1 is 1.13 bits per heavy atom. The molecule has 0 N–H and O–H groups in total. The molecule has 1 aromatic carbocycles. The fraction of sp³-hybridized carbons (Fsp3) is 0.529. The van der Waals surface area contributed by atoms with Crippen LogP contribution in [-0.2, 0) is 6.54 Å². The second-order valence-electron chi connectivity index (χ2n) is 6.10. The Balaban J connectivity index is 1.55. The van der Waals surface area contributed by atoms with E-state index in [1.165, 1.54) is 12.0 Å². The highest BCUT2D eigenvalue weighted by molar-refractivity contribution is 5.44. The first-order chi connectivity index (χ1) is 11.3. The van der Waals surface area contributed by atoms with Crippen LogP contribution in [0.5, 0.6) is 11.5 Å². The second kappa shape index (κ2) is 6.20. The molecule has 2 aliphatic rings. The highest BCUT2D eigenvalue weighted by Crippen LogP contribution is 2.38. The Hall–Kier alpha value is -2.08. The zero-order chi connectivity index (χ0) is 15.6. The molecule has 6 nitrogen and oxygen atoms in total. The topological polar surface area (TPSA) is 60.6 Å². The summed E-state index contributed by atoms with van der Waals surface area (Å²) in [6.07, 6.45) is 3.23. The molecule has 23 heavy (non-hydrogen) atoms. The van der Waals surface area contributed by atoms with Gasteiger partial charge in [-0.2, -0.15) is 0 Å². The molecule has 3 heterocycles. The minimum absolute atomic E-state index is 0.361. The summed E-state index contributed by atoms with van der Waals surface area (Å²) in [6.45, 7) is 4.99. The number of rotatable bonds is 3. The van der Waals surface area contributed by atoms with E-state index in [9.17, 15) is 0 Å². The largest absolute Gasteiger partial charge is 0.490 e. The third-order valence-electron chi connectivity index (χ3n) is 4.43. The Labute approximate surface area is 135 Å². The molecule has 122 valence electrons. The van der Waals surface area contributed by atoms with Gasteiger partial charge in [0.1, 0.15) is 0 Å². The maximum absolute atomic E-state index is 5.82. The first-order valence-electron chi connectivity index (χ1n) is 8.22. The Morgan fingerprint density at radius 3 is 2.83 bits per heavy atom. The number of aromatic nitrogens is 2. The molecule has 1 saturated heterocycles. The highest BCUT2D eigenvalue weighted by Gasteiger charge is 2.28. The van der Waals surface area contributed by atoms with Crippen molar-refractivity contribution in [2.24, 2.45) is 0 Å². The zero-order valence-corrected chi connectivity index (χ0v) is 13.3. The van der Waals surface area contributed by atoms with Crippen LogP contribution in [0, 0.1) is 6.92 Å². The van der Waals surface area contributed by atoms with Crippen molar-refractivity contribution in [3.05, 3.63) is 35.5 Å². The highest BCUT2D eigenvalue weighted by atomic mass is 16.5. The van der Waals surface area contributed by atoms with Gasteiger partial charge in [0, 0.05) is 19.4 Å². The average molecular weight is 315 g/mol. The molecule has 0 radical (unpaired) electrons. The lowest BCUT2D eigenvalue weighted by molar-refractivity contribution is 0.221. The normalized spacial score (nSPS) is 21.3. The monoisotopic (exact) mass is 315 g/mol. The van der Waals surface area contributed by atoms with Crippen LogP contribution in [0.4, 0.5) is 0 Å². The molecular weight excluding hydrogens is 294 g/mol. The summed E-state index contributed by atoms with van der Waals surface area (Å²) < 4.78 is 17.1. The van der Waals surface area contributed by atoms with E-state index < -0.39 is 0 Å². The third-order valence-corrected chi connectivity index (χ3v) is 4.43. The summed E-state index contributed by atoms with van der Waals surface area (Å²) in [5.41, 5.74) is 1.27. The number of ether oxygens (including phenoxy) is 2. The third kappa shape index (κ3) is 3.03. The van der Waals surface area contributed by atoms with E-state index in [4.69, 9.17) is 13.9 Å². The number of likely N-dealkylation sites (tertiary alicyclic amines) is 1. The lowest BCUT2D eigenvalue weighted by Crippen LogP contribution is -2.23. The number of hydrogen-bond donors (Lipinski definition) is 0. The number of aryl methyl sites for hydroxylation is 1. The zero-order valence-electron chi connectivity index (χ0n) is 13.3. The molecule has 6 heteroatoms. The van der Waals surface area contributed by atoms with Crippen molar-refractivity contribution < 1.29 is 13.9 Å². The van der Waals surface area contributed by atoms with Crippen LogP contribution in [-0.4, -0.2) is 34.9 Å². The van der Waals surface area contributed by atoms with Crippen LogP contribution < -0.4 is 9.47 Å². The molecule has 1 fully saturated rings. The Kier molecular flexibility index (Phi) is 3.91. The van der Waals surface area contributed by atoms with Gasteiger partial charge in [-0.15, -0.1) is 10.2 Å². The number of nitrogens with zero attached hydrogens (tertiary/aromatic N) is 3. The summed E-state index contributed by atoms with van der Waals surface area (Å²) in [4.78, 5) is 2.40. The number of hydrogen-bond acceptors (Lipinski definition) is 6. The molecule has 0 unspecified atom stereocenters. The average Bonchev–Trinajstić information content (AvgIpc) is 3.10. The fourth-order valence-electron chi connectivity index (χ4n) is 3.36. The molecule has 2 aromatic rings. The van der Waals surface area contributed by atoms with E-state index in [1.807, 2.05) is 13.0 Å². The lowest BCUT2D eigenvalue weighted by atomic mass is 10.0. The lowest BCUT2D eigenvalue weighted by Gasteiger charge is -2.24. The van der Waals surface area contributed by atoms with Crippen LogP contribution >= 0.6 is 0 Å². The predicted octanol–water partition coefficient (Wildman–Crippen LogP) is 2.88. The molecule has 0 saturated carbocycles. The van der Waals surface area contributed by atoms with Gasteiger partial charge < -0.3 is 13.9 Å². The van der Waals surface area contributed by atoms with E-state index in [0.717, 1.165) is 37.5 Å². The molecule has 0 aliphatic carbocycles. The van der Waals surface area contributed by atoms with Gasteiger partial charge in [-0.3, -0.25) is 4.90 Å². The van der Waals surface area contributed by atoms with Crippen LogP contribution in [0.2, 0.25) is 0 Å². The summed E-state index contributed by atoms with van der Waals surface area (Å²) in [5.74, 6) is 3.01. The molecule has 1 atom stereocenters. The SMILES string of the molecule is Cc1nnc(CN2CCC[C@H]2c2ccc3c(c2)OCCCO3)o1. The van der Waals surface area contributed by atoms with Gasteiger partial charge >= 0.3 is 0 Å².